The normalized spacial score (nSPS) is 23.0. The van der Waals surface area contributed by atoms with Crippen LogP contribution in [-0.2, 0) is 0 Å². The molecule has 1 N–H and O–H groups in total. The number of fused-ring (bicyclic) bond motifs is 1. The van der Waals surface area contributed by atoms with Crippen LogP contribution in [0.2, 0.25) is 0 Å². The smallest absolute Gasteiger partial charge is 0.106 e. The first-order chi connectivity index (χ1) is 5.79. The van der Waals surface area contributed by atoms with E-state index in [1.165, 1.54) is 0 Å². The molecular weight excluding hydrogens is 153 g/mol. The van der Waals surface area contributed by atoms with Crippen molar-refractivity contribution in [1.29, 1.82) is 0 Å². The van der Waals surface area contributed by atoms with E-state index in [9.17, 15) is 4.39 Å². The fourth-order valence-electron chi connectivity index (χ4n) is 1.72. The number of hydrogen-bond acceptors (Lipinski definition) is 1. The zero-order valence-corrected chi connectivity index (χ0v) is 7.05. The molecule has 64 valence electrons. The van der Waals surface area contributed by atoms with Gasteiger partial charge in [-0.25, -0.2) is 4.39 Å². The Morgan fingerprint density at radius 1 is 1.50 bits per heavy atom. The van der Waals surface area contributed by atoms with Crippen LogP contribution in [0.1, 0.15) is 18.4 Å². The van der Waals surface area contributed by atoms with Crippen LogP contribution in [0.25, 0.3) is 0 Å². The molecule has 0 fully saturated rings. The predicted molar refractivity (Wildman–Crippen MR) is 48.2 cm³/mol. The van der Waals surface area contributed by atoms with Crippen molar-refractivity contribution in [3.05, 3.63) is 29.8 Å². The van der Waals surface area contributed by atoms with Gasteiger partial charge in [-0.1, -0.05) is 18.2 Å². The number of anilines is 1. The lowest BCUT2D eigenvalue weighted by atomic mass is 9.98. The molecule has 0 saturated heterocycles. The summed E-state index contributed by atoms with van der Waals surface area (Å²) in [7, 11) is 0. The number of alkyl halides is 1. The third-order valence-corrected chi connectivity index (χ3v) is 2.43. The zero-order valence-electron chi connectivity index (χ0n) is 7.05. The summed E-state index contributed by atoms with van der Waals surface area (Å²) in [4.78, 5) is 0. The average molecular weight is 165 g/mol. The fraction of sp³-hybridized carbons (Fsp3) is 0.400. The highest BCUT2D eigenvalue weighted by Gasteiger charge is 2.26. The molecule has 2 atom stereocenters. The number of hydrogen-bond donors (Lipinski definition) is 1. The first-order valence-corrected chi connectivity index (χ1v) is 4.26. The first-order valence-electron chi connectivity index (χ1n) is 4.26. The molecule has 0 saturated carbocycles. The molecule has 1 aromatic rings. The SMILES string of the molecule is CC(F)C1CNc2ccccc21. The van der Waals surface area contributed by atoms with E-state index in [0.717, 1.165) is 17.8 Å². The molecule has 1 aromatic carbocycles. The standard InChI is InChI=1S/C10H12FN/c1-7(11)9-6-12-10-5-3-2-4-8(9)10/h2-5,7,9,12H,6H2,1H3. The Morgan fingerprint density at radius 3 is 3.00 bits per heavy atom. The van der Waals surface area contributed by atoms with Gasteiger partial charge in [0.1, 0.15) is 6.17 Å². The number of benzene rings is 1. The van der Waals surface area contributed by atoms with Crippen molar-refractivity contribution in [2.24, 2.45) is 0 Å². The maximum atomic E-state index is 13.0. The lowest BCUT2D eigenvalue weighted by Gasteiger charge is -2.10. The van der Waals surface area contributed by atoms with Crippen molar-refractivity contribution in [2.45, 2.75) is 19.0 Å². The predicted octanol–water partition coefficient (Wildman–Crippen LogP) is 2.55. The molecule has 2 unspecified atom stereocenters. The third kappa shape index (κ3) is 1.07. The fourth-order valence-corrected chi connectivity index (χ4v) is 1.72. The zero-order chi connectivity index (χ0) is 8.55. The summed E-state index contributed by atoms with van der Waals surface area (Å²) in [6.07, 6.45) is -0.763. The molecule has 12 heavy (non-hydrogen) atoms. The molecule has 0 amide bonds. The number of para-hydroxylation sites is 1. The number of rotatable bonds is 1. The van der Waals surface area contributed by atoms with E-state index in [1.807, 2.05) is 24.3 Å². The summed E-state index contributed by atoms with van der Waals surface area (Å²) in [5.74, 6) is 0.0428. The quantitative estimate of drug-likeness (QED) is 0.674. The second kappa shape index (κ2) is 2.77. The molecule has 2 heteroatoms. The van der Waals surface area contributed by atoms with Crippen molar-refractivity contribution >= 4 is 5.69 Å². The van der Waals surface area contributed by atoms with Gasteiger partial charge in [-0.15, -0.1) is 0 Å². The molecule has 2 rings (SSSR count). The van der Waals surface area contributed by atoms with Crippen LogP contribution in [0.4, 0.5) is 10.1 Å². The van der Waals surface area contributed by atoms with Crippen LogP contribution in [0.5, 0.6) is 0 Å². The van der Waals surface area contributed by atoms with Gasteiger partial charge in [0, 0.05) is 18.2 Å². The van der Waals surface area contributed by atoms with Gasteiger partial charge in [-0.05, 0) is 18.6 Å². The molecule has 1 aliphatic heterocycles. The summed E-state index contributed by atoms with van der Waals surface area (Å²) >= 11 is 0. The Hall–Kier alpha value is -1.05. The Labute approximate surface area is 71.6 Å². The van der Waals surface area contributed by atoms with E-state index in [0.29, 0.717) is 0 Å². The lowest BCUT2D eigenvalue weighted by Crippen LogP contribution is -2.11. The minimum atomic E-state index is -0.763. The molecule has 0 aromatic heterocycles. The monoisotopic (exact) mass is 165 g/mol. The summed E-state index contributed by atoms with van der Waals surface area (Å²) in [5.41, 5.74) is 2.21. The van der Waals surface area contributed by atoms with Gasteiger partial charge in [0.05, 0.1) is 0 Å². The minimum Gasteiger partial charge on any atom is -0.384 e. The highest BCUT2D eigenvalue weighted by molar-refractivity contribution is 5.57. The molecule has 1 nitrogen and oxygen atoms in total. The van der Waals surface area contributed by atoms with Crippen LogP contribution in [-0.4, -0.2) is 12.7 Å². The van der Waals surface area contributed by atoms with Gasteiger partial charge in [0.25, 0.3) is 0 Å². The van der Waals surface area contributed by atoms with Gasteiger partial charge >= 0.3 is 0 Å². The van der Waals surface area contributed by atoms with E-state index in [4.69, 9.17) is 0 Å². The molecule has 0 radical (unpaired) electrons. The van der Waals surface area contributed by atoms with Crippen LogP contribution in [0.3, 0.4) is 0 Å². The maximum Gasteiger partial charge on any atom is 0.106 e. The van der Waals surface area contributed by atoms with Gasteiger partial charge in [0.2, 0.25) is 0 Å². The number of halogens is 1. The van der Waals surface area contributed by atoms with Gasteiger partial charge in [-0.3, -0.25) is 0 Å². The summed E-state index contributed by atoms with van der Waals surface area (Å²) in [6, 6.07) is 7.92. The Bertz CT molecular complexity index is 283. The summed E-state index contributed by atoms with van der Waals surface area (Å²) < 4.78 is 13.0. The van der Waals surface area contributed by atoms with Crippen LogP contribution >= 0.6 is 0 Å². The van der Waals surface area contributed by atoms with Gasteiger partial charge in [-0.2, -0.15) is 0 Å². The van der Waals surface area contributed by atoms with Crippen LogP contribution in [0, 0.1) is 0 Å². The maximum absolute atomic E-state index is 13.0. The van der Waals surface area contributed by atoms with Crippen molar-refractivity contribution in [3.8, 4) is 0 Å². The average Bonchev–Trinajstić information content (AvgIpc) is 2.47. The molecule has 0 spiro atoms. The Balaban J connectivity index is 2.36. The summed E-state index contributed by atoms with van der Waals surface area (Å²) in [6.45, 7) is 2.35. The molecule has 0 aliphatic carbocycles. The Morgan fingerprint density at radius 2 is 2.25 bits per heavy atom. The van der Waals surface area contributed by atoms with Crippen molar-refractivity contribution in [1.82, 2.24) is 0 Å². The van der Waals surface area contributed by atoms with E-state index in [-0.39, 0.29) is 5.92 Å². The molecular formula is C10H12FN. The van der Waals surface area contributed by atoms with Crippen molar-refractivity contribution < 1.29 is 4.39 Å². The van der Waals surface area contributed by atoms with Crippen molar-refractivity contribution in [2.75, 3.05) is 11.9 Å². The van der Waals surface area contributed by atoms with E-state index < -0.39 is 6.17 Å². The minimum absolute atomic E-state index is 0.0428. The molecule has 1 heterocycles. The van der Waals surface area contributed by atoms with Gasteiger partial charge < -0.3 is 5.32 Å². The first kappa shape index (κ1) is 7.59. The largest absolute Gasteiger partial charge is 0.384 e. The highest BCUT2D eigenvalue weighted by atomic mass is 19.1. The Kier molecular flexibility index (Phi) is 1.75. The summed E-state index contributed by atoms with van der Waals surface area (Å²) in [5, 5.41) is 3.19. The van der Waals surface area contributed by atoms with Crippen molar-refractivity contribution in [3.63, 3.8) is 0 Å². The van der Waals surface area contributed by atoms with Gasteiger partial charge in [0.15, 0.2) is 0 Å². The van der Waals surface area contributed by atoms with Crippen LogP contribution < -0.4 is 5.32 Å². The second-order valence-corrected chi connectivity index (χ2v) is 3.25. The second-order valence-electron chi connectivity index (χ2n) is 3.25. The number of nitrogens with one attached hydrogen (secondary N) is 1. The lowest BCUT2D eigenvalue weighted by molar-refractivity contribution is 0.317. The molecule has 0 bridgehead atoms. The molecule has 1 aliphatic rings. The van der Waals surface area contributed by atoms with E-state index in [1.54, 1.807) is 6.92 Å². The topological polar surface area (TPSA) is 12.0 Å². The van der Waals surface area contributed by atoms with E-state index in [2.05, 4.69) is 5.32 Å². The highest BCUT2D eigenvalue weighted by Crippen LogP contribution is 2.34. The van der Waals surface area contributed by atoms with E-state index >= 15 is 0 Å². The third-order valence-electron chi connectivity index (χ3n) is 2.43. The van der Waals surface area contributed by atoms with Crippen LogP contribution in [0.15, 0.2) is 24.3 Å².